The fourth-order valence-electron chi connectivity index (χ4n) is 2.84. The van der Waals surface area contributed by atoms with Crippen LogP contribution in [0, 0.1) is 16.7 Å². The molecular weight excluding hydrogens is 262 g/mol. The van der Waals surface area contributed by atoms with E-state index in [4.69, 9.17) is 14.7 Å². The zero-order valence-corrected chi connectivity index (χ0v) is 12.5. The van der Waals surface area contributed by atoms with E-state index < -0.39 is 0 Å². The number of hydrogen-bond acceptors (Lipinski definition) is 3. The van der Waals surface area contributed by atoms with Crippen LogP contribution in [0.3, 0.4) is 0 Å². The van der Waals surface area contributed by atoms with Crippen LogP contribution < -0.4 is 0 Å². The molecule has 1 saturated carbocycles. The monoisotopic (exact) mass is 285 g/mol. The second kappa shape index (κ2) is 6.60. The highest BCUT2D eigenvalue weighted by molar-refractivity contribution is 5.27. The van der Waals surface area contributed by atoms with Gasteiger partial charge in [0, 0.05) is 6.61 Å². The topological polar surface area (TPSA) is 42.2 Å². The van der Waals surface area contributed by atoms with Crippen molar-refractivity contribution in [1.82, 2.24) is 0 Å². The summed E-state index contributed by atoms with van der Waals surface area (Å²) in [5.41, 5.74) is 2.51. The summed E-state index contributed by atoms with van der Waals surface area (Å²) < 4.78 is 11.3. The van der Waals surface area contributed by atoms with Gasteiger partial charge in [-0.25, -0.2) is 0 Å². The largest absolute Gasteiger partial charge is 0.353 e. The molecule has 3 nitrogen and oxygen atoms in total. The van der Waals surface area contributed by atoms with Crippen LogP contribution >= 0.6 is 0 Å². The Hall–Kier alpha value is -1.37. The first-order valence-corrected chi connectivity index (χ1v) is 8.02. The van der Waals surface area contributed by atoms with Crippen molar-refractivity contribution in [2.75, 3.05) is 13.2 Å². The second-order valence-electron chi connectivity index (χ2n) is 6.30. The molecule has 1 saturated heterocycles. The van der Waals surface area contributed by atoms with Crippen LogP contribution in [0.2, 0.25) is 0 Å². The lowest BCUT2D eigenvalue weighted by atomic mass is 9.97. The van der Waals surface area contributed by atoms with E-state index in [2.05, 4.69) is 30.3 Å². The Labute approximate surface area is 126 Å². The maximum absolute atomic E-state index is 9.13. The van der Waals surface area contributed by atoms with E-state index in [1.165, 1.54) is 17.5 Å². The minimum atomic E-state index is -0.0526. The zero-order valence-electron chi connectivity index (χ0n) is 12.5. The molecule has 1 atom stereocenters. The molecule has 0 radical (unpaired) electrons. The Kier molecular flexibility index (Phi) is 4.57. The van der Waals surface area contributed by atoms with E-state index in [0.29, 0.717) is 6.61 Å². The first-order chi connectivity index (χ1) is 10.3. The fraction of sp³-hybridized carbons (Fsp3) is 0.611. The van der Waals surface area contributed by atoms with Crippen molar-refractivity contribution in [3.63, 3.8) is 0 Å². The van der Waals surface area contributed by atoms with Gasteiger partial charge in [0.05, 0.1) is 18.1 Å². The van der Waals surface area contributed by atoms with Crippen LogP contribution in [0.5, 0.6) is 0 Å². The first kappa shape index (κ1) is 14.6. The predicted molar refractivity (Wildman–Crippen MR) is 80.7 cm³/mol. The molecule has 0 amide bonds. The van der Waals surface area contributed by atoms with Gasteiger partial charge in [0.2, 0.25) is 0 Å². The molecule has 1 aromatic carbocycles. The molecule has 1 heterocycles. The number of hydrogen-bond donors (Lipinski definition) is 0. The van der Waals surface area contributed by atoms with E-state index in [1.54, 1.807) is 0 Å². The van der Waals surface area contributed by atoms with Crippen LogP contribution in [0.15, 0.2) is 24.3 Å². The van der Waals surface area contributed by atoms with Crippen molar-refractivity contribution in [2.45, 2.75) is 51.2 Å². The zero-order chi connectivity index (χ0) is 14.5. The third kappa shape index (κ3) is 4.06. The lowest BCUT2D eigenvalue weighted by molar-refractivity contribution is -0.161. The second-order valence-corrected chi connectivity index (χ2v) is 6.30. The maximum atomic E-state index is 9.13. The third-order valence-corrected chi connectivity index (χ3v) is 4.49. The van der Waals surface area contributed by atoms with Gasteiger partial charge in [0.1, 0.15) is 0 Å². The molecule has 3 rings (SSSR count). The molecule has 21 heavy (non-hydrogen) atoms. The molecule has 2 aliphatic rings. The van der Waals surface area contributed by atoms with Crippen molar-refractivity contribution >= 4 is 0 Å². The Morgan fingerprint density at radius 2 is 1.95 bits per heavy atom. The smallest absolute Gasteiger partial charge is 0.157 e. The summed E-state index contributed by atoms with van der Waals surface area (Å²) in [6, 6.07) is 11.1. The fourth-order valence-corrected chi connectivity index (χ4v) is 2.84. The summed E-state index contributed by atoms with van der Waals surface area (Å²) in [7, 11) is 0. The van der Waals surface area contributed by atoms with Gasteiger partial charge in [-0.15, -0.1) is 0 Å². The molecule has 1 aliphatic carbocycles. The van der Waals surface area contributed by atoms with Crippen LogP contribution in [-0.2, 0) is 22.3 Å². The van der Waals surface area contributed by atoms with Crippen LogP contribution in [0.25, 0.3) is 0 Å². The van der Waals surface area contributed by atoms with Crippen molar-refractivity contribution in [2.24, 2.45) is 5.41 Å². The molecule has 1 aromatic rings. The molecule has 112 valence electrons. The van der Waals surface area contributed by atoms with Crippen molar-refractivity contribution in [3.8, 4) is 6.07 Å². The summed E-state index contributed by atoms with van der Waals surface area (Å²) in [4.78, 5) is 0. The molecule has 0 N–H and O–H groups in total. The summed E-state index contributed by atoms with van der Waals surface area (Å²) in [6.07, 6.45) is 7.32. The summed E-state index contributed by atoms with van der Waals surface area (Å²) >= 11 is 0. The average molecular weight is 285 g/mol. The Morgan fingerprint density at radius 3 is 2.57 bits per heavy atom. The molecule has 1 unspecified atom stereocenters. The highest BCUT2D eigenvalue weighted by Gasteiger charge is 2.42. The van der Waals surface area contributed by atoms with Gasteiger partial charge >= 0.3 is 0 Å². The van der Waals surface area contributed by atoms with Gasteiger partial charge in [-0.2, -0.15) is 5.26 Å². The Bertz CT molecular complexity index is 493. The van der Waals surface area contributed by atoms with Crippen molar-refractivity contribution in [1.29, 1.82) is 5.26 Å². The third-order valence-electron chi connectivity index (χ3n) is 4.49. The molecule has 2 fully saturated rings. The Balaban J connectivity index is 1.43. The first-order valence-electron chi connectivity index (χ1n) is 8.02. The molecule has 1 aliphatic heterocycles. The van der Waals surface area contributed by atoms with Gasteiger partial charge in [0.15, 0.2) is 6.29 Å². The number of nitriles is 1. The highest BCUT2D eigenvalue weighted by Crippen LogP contribution is 2.47. The molecule has 0 aromatic heterocycles. The van der Waals surface area contributed by atoms with E-state index >= 15 is 0 Å². The quantitative estimate of drug-likeness (QED) is 0.801. The lowest BCUT2D eigenvalue weighted by Gasteiger charge is -2.22. The van der Waals surface area contributed by atoms with Crippen molar-refractivity contribution < 1.29 is 9.47 Å². The lowest BCUT2D eigenvalue weighted by Crippen LogP contribution is -2.23. The van der Waals surface area contributed by atoms with E-state index in [-0.39, 0.29) is 11.7 Å². The Morgan fingerprint density at radius 1 is 1.19 bits per heavy atom. The van der Waals surface area contributed by atoms with Gasteiger partial charge in [0.25, 0.3) is 0 Å². The summed E-state index contributed by atoms with van der Waals surface area (Å²) in [6.45, 7) is 1.55. The summed E-state index contributed by atoms with van der Waals surface area (Å²) in [5.74, 6) is 0. The predicted octanol–water partition coefficient (Wildman–Crippen LogP) is 3.62. The number of nitrogens with zero attached hydrogens (tertiary/aromatic N) is 1. The van der Waals surface area contributed by atoms with Crippen LogP contribution in [-0.4, -0.2) is 19.5 Å². The standard InChI is InChI=1S/C18H23NO2/c19-14-18(9-10-18)13-16-6-4-15(5-7-16)8-12-21-17-3-1-2-11-20-17/h4-7,17H,1-3,8-13H2. The minimum Gasteiger partial charge on any atom is -0.353 e. The number of ether oxygens (including phenoxy) is 2. The maximum Gasteiger partial charge on any atom is 0.157 e. The molecule has 0 bridgehead atoms. The number of rotatable bonds is 6. The minimum absolute atomic E-state index is 0.00313. The van der Waals surface area contributed by atoms with Gasteiger partial charge in [-0.1, -0.05) is 24.3 Å². The summed E-state index contributed by atoms with van der Waals surface area (Å²) in [5, 5.41) is 9.13. The highest BCUT2D eigenvalue weighted by atomic mass is 16.7. The van der Waals surface area contributed by atoms with Gasteiger partial charge in [-0.05, 0) is 56.1 Å². The number of benzene rings is 1. The van der Waals surface area contributed by atoms with Gasteiger partial charge in [-0.3, -0.25) is 0 Å². The van der Waals surface area contributed by atoms with E-state index in [0.717, 1.165) is 45.1 Å². The normalized spacial score (nSPS) is 23.5. The molecule has 0 spiro atoms. The SMILES string of the molecule is N#CC1(Cc2ccc(CCOC3CCCCO3)cc2)CC1. The van der Waals surface area contributed by atoms with Crippen LogP contribution in [0.4, 0.5) is 0 Å². The van der Waals surface area contributed by atoms with E-state index in [9.17, 15) is 0 Å². The van der Waals surface area contributed by atoms with Crippen LogP contribution in [0.1, 0.15) is 43.2 Å². The average Bonchev–Trinajstić information content (AvgIpc) is 3.30. The molecular formula is C18H23NO2. The van der Waals surface area contributed by atoms with E-state index in [1.807, 2.05) is 0 Å². The van der Waals surface area contributed by atoms with Gasteiger partial charge < -0.3 is 9.47 Å². The molecule has 3 heteroatoms. The van der Waals surface area contributed by atoms with Crippen molar-refractivity contribution in [3.05, 3.63) is 35.4 Å².